The zero-order valence-electron chi connectivity index (χ0n) is 15.5. The van der Waals surface area contributed by atoms with Gasteiger partial charge in [-0.1, -0.05) is 25.1 Å². The summed E-state index contributed by atoms with van der Waals surface area (Å²) >= 11 is 0. The number of anilines is 1. The van der Waals surface area contributed by atoms with Crippen molar-refractivity contribution in [1.82, 2.24) is 10.2 Å². The average Bonchev–Trinajstić information content (AvgIpc) is 3.06. The summed E-state index contributed by atoms with van der Waals surface area (Å²) in [5.74, 6) is 1.93. The van der Waals surface area contributed by atoms with E-state index in [9.17, 15) is 4.79 Å². The van der Waals surface area contributed by atoms with Crippen LogP contribution < -0.4 is 10.2 Å². The Morgan fingerprint density at radius 3 is 2.96 bits per heavy atom. The average molecular weight is 342 g/mol. The molecule has 1 N–H and O–H groups in total. The van der Waals surface area contributed by atoms with Crippen molar-refractivity contribution in [2.45, 2.75) is 39.0 Å². The Balaban J connectivity index is 1.43. The number of aliphatic imine (C=N–C) groups is 1. The Hall–Kier alpha value is -2.04. The van der Waals surface area contributed by atoms with Crippen molar-refractivity contribution in [3.8, 4) is 0 Å². The van der Waals surface area contributed by atoms with E-state index in [1.54, 1.807) is 0 Å². The first-order valence-electron chi connectivity index (χ1n) is 9.53. The molecule has 136 valence electrons. The fourth-order valence-corrected chi connectivity index (χ4v) is 3.89. The molecule has 1 fully saturated rings. The van der Waals surface area contributed by atoms with Gasteiger partial charge in [-0.25, -0.2) is 0 Å². The number of para-hydroxylation sites is 1. The lowest BCUT2D eigenvalue weighted by Gasteiger charge is -2.33. The second kappa shape index (κ2) is 8.37. The highest BCUT2D eigenvalue weighted by molar-refractivity contribution is 5.95. The molecular formula is C20H30N4O. The number of hydrogen-bond donors (Lipinski definition) is 1. The largest absolute Gasteiger partial charge is 0.356 e. The fourth-order valence-electron chi connectivity index (χ4n) is 3.89. The predicted molar refractivity (Wildman–Crippen MR) is 103 cm³/mol. The Bertz CT molecular complexity index is 628. The minimum absolute atomic E-state index is 0.230. The van der Waals surface area contributed by atoms with Gasteiger partial charge in [0.1, 0.15) is 0 Å². The molecule has 2 aliphatic heterocycles. The quantitative estimate of drug-likeness (QED) is 0.520. The number of hydrogen-bond acceptors (Lipinski definition) is 2. The van der Waals surface area contributed by atoms with Crippen LogP contribution in [0, 0.1) is 5.92 Å². The Labute approximate surface area is 151 Å². The molecule has 3 rings (SSSR count). The maximum absolute atomic E-state index is 12.5. The number of amides is 1. The summed E-state index contributed by atoms with van der Waals surface area (Å²) in [6, 6.07) is 8.23. The molecule has 0 radical (unpaired) electrons. The molecule has 1 atom stereocenters. The lowest BCUT2D eigenvalue weighted by molar-refractivity contribution is -0.118. The molecule has 0 bridgehead atoms. The molecule has 1 aromatic carbocycles. The van der Waals surface area contributed by atoms with E-state index in [-0.39, 0.29) is 5.91 Å². The molecule has 5 nitrogen and oxygen atoms in total. The van der Waals surface area contributed by atoms with Gasteiger partial charge >= 0.3 is 0 Å². The molecule has 1 unspecified atom stereocenters. The van der Waals surface area contributed by atoms with Crippen LogP contribution in [0.5, 0.6) is 0 Å². The first-order valence-corrected chi connectivity index (χ1v) is 9.53. The van der Waals surface area contributed by atoms with Gasteiger partial charge in [0, 0.05) is 45.3 Å². The first-order chi connectivity index (χ1) is 12.2. The van der Waals surface area contributed by atoms with E-state index in [0.717, 1.165) is 56.6 Å². The highest BCUT2D eigenvalue weighted by atomic mass is 16.2. The second-order valence-corrected chi connectivity index (χ2v) is 7.20. The van der Waals surface area contributed by atoms with Crippen LogP contribution in [-0.4, -0.2) is 50.0 Å². The molecular weight excluding hydrogens is 312 g/mol. The Morgan fingerprint density at radius 1 is 1.32 bits per heavy atom. The highest BCUT2D eigenvalue weighted by Crippen LogP contribution is 2.28. The van der Waals surface area contributed by atoms with Crippen LogP contribution in [-0.2, 0) is 11.2 Å². The van der Waals surface area contributed by atoms with Gasteiger partial charge in [0.2, 0.25) is 5.91 Å². The molecule has 1 amide bonds. The van der Waals surface area contributed by atoms with Crippen molar-refractivity contribution in [1.29, 1.82) is 0 Å². The summed E-state index contributed by atoms with van der Waals surface area (Å²) in [5.41, 5.74) is 2.38. The normalized spacial score (nSPS) is 20.6. The first kappa shape index (κ1) is 17.8. The SMILES string of the molecule is CN=C(NCCCC(=O)N1CCc2ccccc21)N1CCCC(C)C1. The van der Waals surface area contributed by atoms with Gasteiger partial charge in [-0.05, 0) is 43.2 Å². The topological polar surface area (TPSA) is 47.9 Å². The zero-order chi connectivity index (χ0) is 17.6. The fraction of sp³-hybridized carbons (Fsp3) is 0.600. The number of nitrogens with zero attached hydrogens (tertiary/aromatic N) is 3. The van der Waals surface area contributed by atoms with E-state index >= 15 is 0 Å². The third kappa shape index (κ3) is 4.33. The molecule has 0 saturated carbocycles. The van der Waals surface area contributed by atoms with Crippen LogP contribution in [0.4, 0.5) is 5.69 Å². The van der Waals surface area contributed by atoms with Crippen LogP contribution in [0.1, 0.15) is 38.2 Å². The van der Waals surface area contributed by atoms with Crippen molar-refractivity contribution in [3.63, 3.8) is 0 Å². The van der Waals surface area contributed by atoms with E-state index in [1.165, 1.54) is 18.4 Å². The van der Waals surface area contributed by atoms with Crippen molar-refractivity contribution >= 4 is 17.6 Å². The molecule has 5 heteroatoms. The van der Waals surface area contributed by atoms with E-state index < -0.39 is 0 Å². The van der Waals surface area contributed by atoms with E-state index in [1.807, 2.05) is 24.1 Å². The standard InChI is InChI=1S/C20H30N4O/c1-16-7-6-13-23(15-16)20(21-2)22-12-5-10-19(25)24-14-11-17-8-3-4-9-18(17)24/h3-4,8-9,16H,5-7,10-15H2,1-2H3,(H,21,22). The molecule has 2 aliphatic rings. The summed E-state index contributed by atoms with van der Waals surface area (Å²) < 4.78 is 0. The van der Waals surface area contributed by atoms with Gasteiger partial charge in [0.25, 0.3) is 0 Å². The summed E-state index contributed by atoms with van der Waals surface area (Å²) in [6.07, 6.45) is 4.92. The summed E-state index contributed by atoms with van der Waals surface area (Å²) in [6.45, 7) is 6.06. The Morgan fingerprint density at radius 2 is 2.16 bits per heavy atom. The van der Waals surface area contributed by atoms with Crippen molar-refractivity contribution in [3.05, 3.63) is 29.8 Å². The minimum atomic E-state index is 0.230. The van der Waals surface area contributed by atoms with Crippen LogP contribution in [0.25, 0.3) is 0 Å². The second-order valence-electron chi connectivity index (χ2n) is 7.20. The van der Waals surface area contributed by atoms with Crippen LogP contribution in [0.3, 0.4) is 0 Å². The molecule has 1 aromatic rings. The van der Waals surface area contributed by atoms with Crippen LogP contribution in [0.2, 0.25) is 0 Å². The summed E-state index contributed by atoms with van der Waals surface area (Å²) in [7, 11) is 1.84. The maximum atomic E-state index is 12.5. The third-order valence-corrected chi connectivity index (χ3v) is 5.21. The number of fused-ring (bicyclic) bond motifs is 1. The number of guanidine groups is 1. The molecule has 1 saturated heterocycles. The monoisotopic (exact) mass is 342 g/mol. The lowest BCUT2D eigenvalue weighted by atomic mass is 10.0. The van der Waals surface area contributed by atoms with Crippen molar-refractivity contribution < 1.29 is 4.79 Å². The zero-order valence-corrected chi connectivity index (χ0v) is 15.5. The maximum Gasteiger partial charge on any atom is 0.227 e. The van der Waals surface area contributed by atoms with E-state index in [2.05, 4.69) is 34.3 Å². The van der Waals surface area contributed by atoms with Crippen LogP contribution >= 0.6 is 0 Å². The lowest BCUT2D eigenvalue weighted by Crippen LogP contribution is -2.46. The number of benzene rings is 1. The summed E-state index contributed by atoms with van der Waals surface area (Å²) in [4.78, 5) is 21.2. The van der Waals surface area contributed by atoms with Gasteiger partial charge in [0.15, 0.2) is 5.96 Å². The minimum Gasteiger partial charge on any atom is -0.356 e. The molecule has 2 heterocycles. The van der Waals surface area contributed by atoms with E-state index in [4.69, 9.17) is 0 Å². The van der Waals surface area contributed by atoms with Gasteiger partial charge < -0.3 is 15.1 Å². The van der Waals surface area contributed by atoms with E-state index in [0.29, 0.717) is 6.42 Å². The van der Waals surface area contributed by atoms with Gasteiger partial charge in [-0.3, -0.25) is 9.79 Å². The highest BCUT2D eigenvalue weighted by Gasteiger charge is 2.23. The molecule has 25 heavy (non-hydrogen) atoms. The molecule has 0 aliphatic carbocycles. The van der Waals surface area contributed by atoms with Gasteiger partial charge in [0.05, 0.1) is 0 Å². The molecule has 0 aromatic heterocycles. The van der Waals surface area contributed by atoms with Crippen LogP contribution in [0.15, 0.2) is 29.3 Å². The van der Waals surface area contributed by atoms with Gasteiger partial charge in [-0.15, -0.1) is 0 Å². The number of rotatable bonds is 4. The predicted octanol–water partition coefficient (Wildman–Crippen LogP) is 2.66. The summed E-state index contributed by atoms with van der Waals surface area (Å²) in [5, 5.41) is 3.43. The number of nitrogens with one attached hydrogen (secondary N) is 1. The number of likely N-dealkylation sites (tertiary alicyclic amines) is 1. The Kier molecular flexibility index (Phi) is 5.95. The number of carbonyl (C=O) groups excluding carboxylic acids is 1. The number of piperidine rings is 1. The van der Waals surface area contributed by atoms with Gasteiger partial charge in [-0.2, -0.15) is 0 Å². The third-order valence-electron chi connectivity index (χ3n) is 5.21. The smallest absolute Gasteiger partial charge is 0.227 e. The molecule has 0 spiro atoms. The van der Waals surface area contributed by atoms with Crippen molar-refractivity contribution in [2.75, 3.05) is 38.1 Å². The van der Waals surface area contributed by atoms with Crippen molar-refractivity contribution in [2.24, 2.45) is 10.9 Å². The number of carbonyl (C=O) groups is 1.